The zero-order valence-electron chi connectivity index (χ0n) is 12.4. The van der Waals surface area contributed by atoms with Crippen molar-refractivity contribution in [3.63, 3.8) is 0 Å². The SMILES string of the molecule is CCNCc1ccc(CN(CC)Cc2ccco2)cc1. The third-order valence-electron chi connectivity index (χ3n) is 3.42. The van der Waals surface area contributed by atoms with E-state index in [9.17, 15) is 0 Å². The van der Waals surface area contributed by atoms with Crippen LogP contribution in [0.4, 0.5) is 0 Å². The fraction of sp³-hybridized carbons (Fsp3) is 0.412. The molecule has 0 saturated heterocycles. The lowest BCUT2D eigenvalue weighted by atomic mass is 10.1. The summed E-state index contributed by atoms with van der Waals surface area (Å²) >= 11 is 0. The molecule has 0 fully saturated rings. The zero-order chi connectivity index (χ0) is 14.2. The summed E-state index contributed by atoms with van der Waals surface area (Å²) < 4.78 is 5.42. The Labute approximate surface area is 121 Å². The summed E-state index contributed by atoms with van der Waals surface area (Å²) in [7, 11) is 0. The van der Waals surface area contributed by atoms with Crippen molar-refractivity contribution in [3.05, 3.63) is 59.5 Å². The van der Waals surface area contributed by atoms with Crippen LogP contribution in [0.1, 0.15) is 30.7 Å². The Morgan fingerprint density at radius 3 is 2.35 bits per heavy atom. The first kappa shape index (κ1) is 14.8. The number of furan rings is 1. The second-order valence-corrected chi connectivity index (χ2v) is 4.98. The number of hydrogen-bond donors (Lipinski definition) is 1. The highest BCUT2D eigenvalue weighted by molar-refractivity contribution is 5.22. The predicted octanol–water partition coefficient (Wildman–Crippen LogP) is 3.41. The molecule has 2 aromatic rings. The van der Waals surface area contributed by atoms with E-state index in [2.05, 4.69) is 48.3 Å². The topological polar surface area (TPSA) is 28.4 Å². The molecule has 0 saturated carbocycles. The maximum absolute atomic E-state index is 5.42. The molecule has 1 aromatic carbocycles. The summed E-state index contributed by atoms with van der Waals surface area (Å²) in [6.07, 6.45) is 1.73. The molecule has 3 nitrogen and oxygen atoms in total. The van der Waals surface area contributed by atoms with Crippen LogP contribution in [0.5, 0.6) is 0 Å². The minimum atomic E-state index is 0.864. The van der Waals surface area contributed by atoms with Gasteiger partial charge in [-0.3, -0.25) is 4.90 Å². The molecule has 0 unspecified atom stereocenters. The smallest absolute Gasteiger partial charge is 0.117 e. The second kappa shape index (κ2) is 7.88. The van der Waals surface area contributed by atoms with E-state index in [-0.39, 0.29) is 0 Å². The third-order valence-corrected chi connectivity index (χ3v) is 3.42. The van der Waals surface area contributed by atoms with E-state index in [0.29, 0.717) is 0 Å². The van der Waals surface area contributed by atoms with Crippen molar-refractivity contribution in [2.24, 2.45) is 0 Å². The molecule has 0 bridgehead atoms. The Hall–Kier alpha value is -1.58. The van der Waals surface area contributed by atoms with Gasteiger partial charge in [0.1, 0.15) is 5.76 Å². The van der Waals surface area contributed by atoms with Crippen molar-refractivity contribution in [1.82, 2.24) is 10.2 Å². The second-order valence-electron chi connectivity index (χ2n) is 4.98. The standard InChI is InChI=1S/C17H24N2O/c1-3-18-12-15-7-9-16(10-8-15)13-19(4-2)14-17-6-5-11-20-17/h5-11,18H,3-4,12-14H2,1-2H3. The van der Waals surface area contributed by atoms with Crippen LogP contribution in [0.15, 0.2) is 47.1 Å². The molecular formula is C17H24N2O. The van der Waals surface area contributed by atoms with Gasteiger partial charge < -0.3 is 9.73 Å². The lowest BCUT2D eigenvalue weighted by molar-refractivity contribution is 0.248. The molecule has 0 aliphatic heterocycles. The molecule has 0 aliphatic carbocycles. The van der Waals surface area contributed by atoms with E-state index in [1.54, 1.807) is 6.26 Å². The average Bonchev–Trinajstić information content (AvgIpc) is 2.99. The van der Waals surface area contributed by atoms with Gasteiger partial charge in [0.2, 0.25) is 0 Å². The van der Waals surface area contributed by atoms with E-state index in [4.69, 9.17) is 4.42 Å². The molecule has 0 spiro atoms. The molecule has 0 atom stereocenters. The summed E-state index contributed by atoms with van der Waals surface area (Å²) in [6.45, 7) is 9.10. The van der Waals surface area contributed by atoms with Crippen molar-refractivity contribution in [2.75, 3.05) is 13.1 Å². The summed E-state index contributed by atoms with van der Waals surface area (Å²) in [5.74, 6) is 1.02. The first-order chi connectivity index (χ1) is 9.81. The zero-order valence-corrected chi connectivity index (χ0v) is 12.4. The lowest BCUT2D eigenvalue weighted by Gasteiger charge is -2.19. The van der Waals surface area contributed by atoms with Gasteiger partial charge in [-0.05, 0) is 36.3 Å². The van der Waals surface area contributed by atoms with Crippen molar-refractivity contribution < 1.29 is 4.42 Å². The summed E-state index contributed by atoms with van der Waals surface area (Å²) in [5.41, 5.74) is 2.68. The normalized spacial score (nSPS) is 11.2. The largest absolute Gasteiger partial charge is 0.468 e. The van der Waals surface area contributed by atoms with Crippen LogP contribution in [0, 0.1) is 0 Å². The van der Waals surface area contributed by atoms with Crippen molar-refractivity contribution in [3.8, 4) is 0 Å². The predicted molar refractivity (Wildman–Crippen MR) is 82.3 cm³/mol. The number of rotatable bonds is 8. The quantitative estimate of drug-likeness (QED) is 0.798. The fourth-order valence-electron chi connectivity index (χ4n) is 2.19. The van der Waals surface area contributed by atoms with Crippen LogP contribution in [-0.2, 0) is 19.6 Å². The van der Waals surface area contributed by atoms with E-state index in [1.165, 1.54) is 11.1 Å². The molecule has 0 radical (unpaired) electrons. The third kappa shape index (κ3) is 4.51. The summed E-state index contributed by atoms with van der Waals surface area (Å²) in [5, 5.41) is 3.34. The van der Waals surface area contributed by atoms with Gasteiger partial charge in [-0.2, -0.15) is 0 Å². The highest BCUT2D eigenvalue weighted by Gasteiger charge is 2.06. The Bertz CT molecular complexity index is 476. The lowest BCUT2D eigenvalue weighted by Crippen LogP contribution is -2.22. The van der Waals surface area contributed by atoms with Gasteiger partial charge in [-0.25, -0.2) is 0 Å². The van der Waals surface area contributed by atoms with Crippen LogP contribution < -0.4 is 5.32 Å². The van der Waals surface area contributed by atoms with E-state index >= 15 is 0 Å². The van der Waals surface area contributed by atoms with Crippen molar-refractivity contribution in [1.29, 1.82) is 0 Å². The highest BCUT2D eigenvalue weighted by Crippen LogP contribution is 2.11. The van der Waals surface area contributed by atoms with Gasteiger partial charge in [0.05, 0.1) is 12.8 Å². The van der Waals surface area contributed by atoms with Gasteiger partial charge in [0.15, 0.2) is 0 Å². The van der Waals surface area contributed by atoms with E-state index in [0.717, 1.165) is 38.5 Å². The van der Waals surface area contributed by atoms with Gasteiger partial charge in [-0.15, -0.1) is 0 Å². The van der Waals surface area contributed by atoms with Gasteiger partial charge in [0, 0.05) is 13.1 Å². The molecule has 1 heterocycles. The Morgan fingerprint density at radius 1 is 1.00 bits per heavy atom. The van der Waals surface area contributed by atoms with E-state index in [1.807, 2.05) is 12.1 Å². The minimum Gasteiger partial charge on any atom is -0.468 e. The maximum atomic E-state index is 5.42. The van der Waals surface area contributed by atoms with Crippen LogP contribution in [0.25, 0.3) is 0 Å². The average molecular weight is 272 g/mol. The van der Waals surface area contributed by atoms with E-state index < -0.39 is 0 Å². The number of nitrogens with one attached hydrogen (secondary N) is 1. The fourth-order valence-corrected chi connectivity index (χ4v) is 2.19. The van der Waals surface area contributed by atoms with Gasteiger partial charge in [0.25, 0.3) is 0 Å². The number of hydrogen-bond acceptors (Lipinski definition) is 3. The van der Waals surface area contributed by atoms with Crippen molar-refractivity contribution >= 4 is 0 Å². The number of benzene rings is 1. The summed E-state index contributed by atoms with van der Waals surface area (Å²) in [4.78, 5) is 2.37. The molecule has 0 aliphatic rings. The molecule has 1 aromatic heterocycles. The van der Waals surface area contributed by atoms with Crippen molar-refractivity contribution in [2.45, 2.75) is 33.5 Å². The molecule has 2 rings (SSSR count). The minimum absolute atomic E-state index is 0.864. The Balaban J connectivity index is 1.90. The maximum Gasteiger partial charge on any atom is 0.117 e. The molecule has 108 valence electrons. The molecule has 1 N–H and O–H groups in total. The van der Waals surface area contributed by atoms with Crippen LogP contribution in [-0.4, -0.2) is 18.0 Å². The van der Waals surface area contributed by atoms with Gasteiger partial charge in [-0.1, -0.05) is 38.1 Å². The van der Waals surface area contributed by atoms with Gasteiger partial charge >= 0.3 is 0 Å². The molecular weight excluding hydrogens is 248 g/mol. The van der Waals surface area contributed by atoms with Crippen LogP contribution in [0.3, 0.4) is 0 Å². The monoisotopic (exact) mass is 272 g/mol. The Morgan fingerprint density at radius 2 is 1.75 bits per heavy atom. The highest BCUT2D eigenvalue weighted by atomic mass is 16.3. The molecule has 0 amide bonds. The number of nitrogens with zero attached hydrogens (tertiary/aromatic N) is 1. The van der Waals surface area contributed by atoms with Crippen LogP contribution in [0.2, 0.25) is 0 Å². The molecule has 20 heavy (non-hydrogen) atoms. The summed E-state index contributed by atoms with van der Waals surface area (Å²) in [6, 6.07) is 12.8. The first-order valence-corrected chi connectivity index (χ1v) is 7.35. The Kier molecular flexibility index (Phi) is 5.84. The first-order valence-electron chi connectivity index (χ1n) is 7.35. The molecule has 3 heteroatoms. The van der Waals surface area contributed by atoms with Crippen LogP contribution >= 0.6 is 0 Å².